The fraction of sp³-hybridized carbons (Fsp3) is 1.00. The summed E-state index contributed by atoms with van der Waals surface area (Å²) in [5, 5.41) is 3.27. The van der Waals surface area contributed by atoms with Crippen molar-refractivity contribution in [2.75, 3.05) is 26.7 Å². The van der Waals surface area contributed by atoms with Crippen molar-refractivity contribution in [3.8, 4) is 0 Å². The Morgan fingerprint density at radius 1 is 1.50 bits per heavy atom. The summed E-state index contributed by atoms with van der Waals surface area (Å²) in [4.78, 5) is 0. The van der Waals surface area contributed by atoms with Crippen molar-refractivity contribution in [2.45, 2.75) is 38.6 Å². The van der Waals surface area contributed by atoms with Gasteiger partial charge in [-0.3, -0.25) is 0 Å². The van der Waals surface area contributed by atoms with E-state index < -0.39 is 10.2 Å². The number of hydrogen-bond donors (Lipinski definition) is 2. The van der Waals surface area contributed by atoms with Gasteiger partial charge in [-0.2, -0.15) is 12.7 Å². The van der Waals surface area contributed by atoms with Gasteiger partial charge in [-0.25, -0.2) is 4.72 Å². The Morgan fingerprint density at radius 3 is 2.81 bits per heavy atom. The molecule has 0 saturated carbocycles. The summed E-state index contributed by atoms with van der Waals surface area (Å²) in [5.41, 5.74) is 0. The second-order valence-corrected chi connectivity index (χ2v) is 6.18. The Labute approximate surface area is 98.8 Å². The lowest BCUT2D eigenvalue weighted by Gasteiger charge is -2.19. The Balaban J connectivity index is 2.32. The zero-order chi connectivity index (χ0) is 12.0. The van der Waals surface area contributed by atoms with Gasteiger partial charge in [0, 0.05) is 26.2 Å². The first kappa shape index (κ1) is 13.9. The van der Waals surface area contributed by atoms with Gasteiger partial charge in [0.15, 0.2) is 0 Å². The number of unbranched alkanes of at least 4 members (excludes halogenated alkanes) is 1. The van der Waals surface area contributed by atoms with E-state index in [4.69, 9.17) is 0 Å². The largest absolute Gasteiger partial charge is 0.313 e. The van der Waals surface area contributed by atoms with Gasteiger partial charge in [-0.05, 0) is 25.8 Å². The van der Waals surface area contributed by atoms with Gasteiger partial charge < -0.3 is 5.32 Å². The molecule has 0 bridgehead atoms. The molecule has 2 N–H and O–H groups in total. The Morgan fingerprint density at radius 2 is 2.25 bits per heavy atom. The molecular weight excluding hydrogens is 226 g/mol. The third-order valence-corrected chi connectivity index (χ3v) is 4.45. The number of hydrogen-bond acceptors (Lipinski definition) is 3. The Bertz CT molecular complexity index is 286. The zero-order valence-electron chi connectivity index (χ0n) is 10.2. The average molecular weight is 249 g/mol. The summed E-state index contributed by atoms with van der Waals surface area (Å²) in [6.07, 6.45) is 4.10. The van der Waals surface area contributed by atoms with Crippen molar-refractivity contribution < 1.29 is 8.42 Å². The smallest absolute Gasteiger partial charge is 0.279 e. The molecule has 5 nitrogen and oxygen atoms in total. The molecule has 0 amide bonds. The molecule has 1 rings (SSSR count). The summed E-state index contributed by atoms with van der Waals surface area (Å²) in [7, 11) is -1.65. The molecule has 1 aliphatic heterocycles. The van der Waals surface area contributed by atoms with Crippen LogP contribution in [0.3, 0.4) is 0 Å². The second kappa shape index (κ2) is 6.54. The van der Waals surface area contributed by atoms with Gasteiger partial charge >= 0.3 is 0 Å². The summed E-state index contributed by atoms with van der Waals surface area (Å²) in [6, 6.07) is 0.300. The molecule has 0 aromatic heterocycles. The first-order valence-corrected chi connectivity index (χ1v) is 7.44. The third kappa shape index (κ3) is 4.37. The van der Waals surface area contributed by atoms with Crippen LogP contribution in [-0.4, -0.2) is 45.4 Å². The highest BCUT2D eigenvalue weighted by molar-refractivity contribution is 7.87. The Hall–Kier alpha value is -0.170. The van der Waals surface area contributed by atoms with Crippen LogP contribution in [0.1, 0.15) is 32.6 Å². The maximum atomic E-state index is 11.8. The first-order chi connectivity index (χ1) is 7.56. The Kier molecular flexibility index (Phi) is 5.68. The molecule has 1 heterocycles. The molecule has 1 fully saturated rings. The first-order valence-electron chi connectivity index (χ1n) is 6.00. The summed E-state index contributed by atoms with van der Waals surface area (Å²) >= 11 is 0. The van der Waals surface area contributed by atoms with E-state index in [2.05, 4.69) is 17.0 Å². The lowest BCUT2D eigenvalue weighted by atomic mass is 10.2. The maximum Gasteiger partial charge on any atom is 0.279 e. The number of nitrogens with zero attached hydrogens (tertiary/aromatic N) is 1. The monoisotopic (exact) mass is 249 g/mol. The van der Waals surface area contributed by atoms with E-state index in [0.29, 0.717) is 19.1 Å². The van der Waals surface area contributed by atoms with Crippen LogP contribution in [-0.2, 0) is 10.2 Å². The molecule has 0 radical (unpaired) electrons. The molecule has 1 unspecified atom stereocenters. The number of rotatable bonds is 7. The van der Waals surface area contributed by atoms with Gasteiger partial charge in [0.25, 0.3) is 10.2 Å². The van der Waals surface area contributed by atoms with Crippen LogP contribution in [0.4, 0.5) is 0 Å². The van der Waals surface area contributed by atoms with Crippen molar-refractivity contribution in [1.29, 1.82) is 0 Å². The van der Waals surface area contributed by atoms with Crippen LogP contribution in [0, 0.1) is 0 Å². The standard InChI is InChI=1S/C10H23N3O2S/c1-3-4-8-13(2)16(14,15)12-9-10-6-5-7-11-10/h10-12H,3-9H2,1-2H3. The van der Waals surface area contributed by atoms with Crippen molar-refractivity contribution in [1.82, 2.24) is 14.3 Å². The van der Waals surface area contributed by atoms with Crippen molar-refractivity contribution >= 4 is 10.2 Å². The van der Waals surface area contributed by atoms with E-state index in [1.54, 1.807) is 7.05 Å². The van der Waals surface area contributed by atoms with Crippen LogP contribution in [0.15, 0.2) is 0 Å². The van der Waals surface area contributed by atoms with Gasteiger partial charge in [-0.1, -0.05) is 13.3 Å². The van der Waals surface area contributed by atoms with Crippen molar-refractivity contribution in [3.05, 3.63) is 0 Å². The van der Waals surface area contributed by atoms with Gasteiger partial charge in [0.1, 0.15) is 0 Å². The highest BCUT2D eigenvalue weighted by Crippen LogP contribution is 2.04. The van der Waals surface area contributed by atoms with Crippen LogP contribution >= 0.6 is 0 Å². The molecular formula is C10H23N3O2S. The summed E-state index contributed by atoms with van der Waals surface area (Å²) in [5.74, 6) is 0. The predicted octanol–water partition coefficient (Wildman–Crippen LogP) is 0.305. The van der Waals surface area contributed by atoms with Crippen molar-refractivity contribution in [3.63, 3.8) is 0 Å². The van der Waals surface area contributed by atoms with E-state index in [-0.39, 0.29) is 0 Å². The molecule has 16 heavy (non-hydrogen) atoms. The average Bonchev–Trinajstić information content (AvgIpc) is 2.76. The number of nitrogens with one attached hydrogen (secondary N) is 2. The lowest BCUT2D eigenvalue weighted by Crippen LogP contribution is -2.44. The predicted molar refractivity (Wildman–Crippen MR) is 65.5 cm³/mol. The summed E-state index contributed by atoms with van der Waals surface area (Å²) in [6.45, 7) is 4.14. The third-order valence-electron chi connectivity index (χ3n) is 2.91. The van der Waals surface area contributed by atoms with Gasteiger partial charge in [-0.15, -0.1) is 0 Å². The summed E-state index contributed by atoms with van der Waals surface area (Å²) < 4.78 is 27.6. The quantitative estimate of drug-likeness (QED) is 0.682. The van der Waals surface area contributed by atoms with Gasteiger partial charge in [0.2, 0.25) is 0 Å². The highest BCUT2D eigenvalue weighted by Gasteiger charge is 2.20. The molecule has 6 heteroatoms. The minimum atomic E-state index is -3.28. The maximum absolute atomic E-state index is 11.8. The van der Waals surface area contributed by atoms with Crippen molar-refractivity contribution in [2.24, 2.45) is 0 Å². The molecule has 0 spiro atoms. The molecule has 0 aliphatic carbocycles. The normalized spacial score (nSPS) is 21.8. The lowest BCUT2D eigenvalue weighted by molar-refractivity contribution is 0.443. The molecule has 0 aromatic rings. The second-order valence-electron chi connectivity index (χ2n) is 4.32. The van der Waals surface area contributed by atoms with Crippen LogP contribution in [0.25, 0.3) is 0 Å². The molecule has 0 aromatic carbocycles. The minimum Gasteiger partial charge on any atom is -0.313 e. The molecule has 1 aliphatic rings. The van der Waals surface area contributed by atoms with E-state index in [1.165, 1.54) is 4.31 Å². The highest BCUT2D eigenvalue weighted by atomic mass is 32.2. The van der Waals surface area contributed by atoms with E-state index in [0.717, 1.165) is 32.2 Å². The molecule has 1 saturated heterocycles. The van der Waals surface area contributed by atoms with E-state index >= 15 is 0 Å². The van der Waals surface area contributed by atoms with Gasteiger partial charge in [0.05, 0.1) is 0 Å². The van der Waals surface area contributed by atoms with E-state index in [9.17, 15) is 8.42 Å². The topological polar surface area (TPSA) is 61.4 Å². The molecule has 96 valence electrons. The van der Waals surface area contributed by atoms with Crippen LogP contribution in [0.5, 0.6) is 0 Å². The fourth-order valence-electron chi connectivity index (χ4n) is 1.75. The fourth-order valence-corrected chi connectivity index (χ4v) is 2.75. The minimum absolute atomic E-state index is 0.300. The van der Waals surface area contributed by atoms with Crippen LogP contribution in [0.2, 0.25) is 0 Å². The molecule has 1 atom stereocenters. The van der Waals surface area contributed by atoms with Crippen LogP contribution < -0.4 is 10.0 Å². The van der Waals surface area contributed by atoms with E-state index in [1.807, 2.05) is 0 Å². The zero-order valence-corrected chi connectivity index (χ0v) is 11.0. The SMILES string of the molecule is CCCCN(C)S(=O)(=O)NCC1CCCN1.